The maximum atomic E-state index is 13.3. The van der Waals surface area contributed by atoms with Crippen molar-refractivity contribution in [2.24, 2.45) is 0 Å². The van der Waals surface area contributed by atoms with Crippen LogP contribution < -0.4 is 31.4 Å². The number of phosphoric acid groups is 3. The number of fused-ring (bicyclic) bond motifs is 2. The number of hydrogen-bond acceptors (Lipinski definition) is 13. The molecule has 6 rings (SSSR count). The van der Waals surface area contributed by atoms with Crippen LogP contribution in [-0.2, 0) is 31.6 Å². The molecule has 62 heavy (non-hydrogen) atoms. The molecule has 1 amide bonds. The summed E-state index contributed by atoms with van der Waals surface area (Å²) < 4.78 is 61.3. The van der Waals surface area contributed by atoms with Crippen molar-refractivity contribution in [3.63, 3.8) is 0 Å². The first kappa shape index (κ1) is 46.0. The normalized spacial score (nSPS) is 17.2. The van der Waals surface area contributed by atoms with E-state index in [9.17, 15) is 47.8 Å². The van der Waals surface area contributed by atoms with Gasteiger partial charge in [0, 0.05) is 60.2 Å². The first-order valence-corrected chi connectivity index (χ1v) is 22.7. The Morgan fingerprint density at radius 2 is 1.69 bits per heavy atom. The molecule has 1 aromatic heterocycles. The summed E-state index contributed by atoms with van der Waals surface area (Å²) in [6, 6.07) is 15.5. The number of benzene rings is 3. The highest BCUT2D eigenvalue weighted by Crippen LogP contribution is 2.66. The molecular weight excluding hydrogens is 879 g/mol. The van der Waals surface area contributed by atoms with Crippen LogP contribution in [0.25, 0.3) is 33.4 Å². The van der Waals surface area contributed by atoms with Gasteiger partial charge in [-0.15, -0.1) is 0 Å². The number of anilines is 1. The maximum Gasteiger partial charge on any atom is 0.490 e. The summed E-state index contributed by atoms with van der Waals surface area (Å²) in [5.74, 6) is 3.74. The number of phosphoric ester groups is 1. The Balaban J connectivity index is 1.17. The maximum absolute atomic E-state index is 13.3. The minimum absolute atomic E-state index is 0.0132. The van der Waals surface area contributed by atoms with Crippen LogP contribution in [0.3, 0.4) is 0 Å². The second-order valence-corrected chi connectivity index (χ2v) is 18.5. The molecule has 3 aliphatic rings. The van der Waals surface area contributed by atoms with Crippen LogP contribution in [0.1, 0.15) is 45.3 Å². The molecule has 0 spiro atoms. The van der Waals surface area contributed by atoms with Crippen molar-refractivity contribution in [2.75, 3.05) is 46.2 Å². The summed E-state index contributed by atoms with van der Waals surface area (Å²) in [6.45, 7) is -1.05. The molecule has 1 aliphatic carbocycles. The number of carbonyl (C=O) groups excluding carboxylic acids is 1. The lowest BCUT2D eigenvalue weighted by Crippen LogP contribution is -2.33. The van der Waals surface area contributed by atoms with Gasteiger partial charge in [-0.25, -0.2) is 27.9 Å². The number of ether oxygens (including phenoxy) is 1. The number of carboxylic acids is 1. The van der Waals surface area contributed by atoms with Gasteiger partial charge in [0.25, 0.3) is 11.5 Å². The zero-order valence-electron chi connectivity index (χ0n) is 33.1. The Bertz CT molecular complexity index is 2980. The highest BCUT2D eigenvalue weighted by atomic mass is 31.3. The van der Waals surface area contributed by atoms with Gasteiger partial charge in [0.15, 0.2) is 0 Å². The summed E-state index contributed by atoms with van der Waals surface area (Å²) in [7, 11) is -9.18. The standard InChI is InChI=1S/C37H38N5O17P3/c1-40(2)23-8-12-27-30(17-23)57-31-18-24(41(3)4)9-13-28(31)33(27)26-11-7-21(16-29(26)36(45)46)34(43)38-15-5-6-22-19-42(37(47)39-35(22)44)32-14-10-25(56-32)20-55-61(51,52)59-62(53,54)58-60(48,49)50/h7-9,11-13,16-19,25,32H,10,14-15,20H2,1-4H3,(H6-,38,39,43,44,45,46,47,48,49,50,51,52,53,54)/p+1/t25-,32+/m0/s1. The van der Waals surface area contributed by atoms with Crippen LogP contribution in [0.2, 0.25) is 0 Å². The van der Waals surface area contributed by atoms with Crippen LogP contribution in [0.15, 0.2) is 74.8 Å². The van der Waals surface area contributed by atoms with E-state index in [1.54, 1.807) is 6.07 Å². The van der Waals surface area contributed by atoms with Gasteiger partial charge in [-0.1, -0.05) is 17.9 Å². The average molecular weight is 919 g/mol. The topological polar surface area (TPSA) is 310 Å². The highest BCUT2D eigenvalue weighted by molar-refractivity contribution is 7.66. The number of aromatic amines is 1. The highest BCUT2D eigenvalue weighted by Gasteiger charge is 2.41. The van der Waals surface area contributed by atoms with E-state index in [2.05, 4.69) is 35.3 Å². The molecule has 3 aromatic rings. The average Bonchev–Trinajstić information content (AvgIpc) is 3.65. The molecule has 0 radical (unpaired) electrons. The molecule has 1 saturated heterocycles. The van der Waals surface area contributed by atoms with E-state index in [0.29, 0.717) is 33.4 Å². The van der Waals surface area contributed by atoms with E-state index in [1.807, 2.05) is 74.1 Å². The first-order chi connectivity index (χ1) is 29.0. The Morgan fingerprint density at radius 1 is 0.968 bits per heavy atom. The Hall–Kier alpha value is -5.52. The van der Waals surface area contributed by atoms with E-state index in [4.69, 9.17) is 18.9 Å². The zero-order valence-corrected chi connectivity index (χ0v) is 35.8. The Labute approximate surface area is 350 Å². The number of H-pyrrole nitrogens is 1. The summed E-state index contributed by atoms with van der Waals surface area (Å²) >= 11 is 0. The van der Waals surface area contributed by atoms with E-state index >= 15 is 0 Å². The third kappa shape index (κ3) is 10.9. The number of nitrogens with zero attached hydrogens (tertiary/aromatic N) is 3. The van der Waals surface area contributed by atoms with Crippen molar-refractivity contribution < 1.29 is 70.3 Å². The number of carboxylic acid groups (broad SMARTS) is 1. The van der Waals surface area contributed by atoms with Crippen molar-refractivity contribution in [2.45, 2.75) is 25.2 Å². The third-order valence-electron chi connectivity index (χ3n) is 9.27. The monoisotopic (exact) mass is 918 g/mol. The number of rotatable bonds is 13. The van der Waals surface area contributed by atoms with Crippen LogP contribution in [0.4, 0.5) is 5.69 Å². The van der Waals surface area contributed by atoms with Gasteiger partial charge in [-0.2, -0.15) is 8.62 Å². The Kier molecular flexibility index (Phi) is 13.4. The fraction of sp³-hybridized carbons (Fsp3) is 0.270. The van der Waals surface area contributed by atoms with E-state index in [0.717, 1.165) is 21.8 Å². The van der Waals surface area contributed by atoms with Gasteiger partial charge in [0.1, 0.15) is 37.2 Å². The lowest BCUT2D eigenvalue weighted by Gasteiger charge is -2.19. The van der Waals surface area contributed by atoms with Crippen molar-refractivity contribution in [1.82, 2.24) is 19.4 Å². The largest absolute Gasteiger partial charge is 0.490 e. The lowest BCUT2D eigenvalue weighted by atomic mass is 9.89. The molecule has 2 unspecified atom stereocenters. The number of hydrogen-bond donors (Lipinski definition) is 7. The van der Waals surface area contributed by atoms with Gasteiger partial charge in [-0.05, 0) is 48.7 Å². The van der Waals surface area contributed by atoms with Gasteiger partial charge in [0.05, 0.1) is 30.9 Å². The number of aromatic nitrogens is 2. The molecule has 2 aromatic carbocycles. The second-order valence-electron chi connectivity index (χ2n) is 14.1. The molecular formula is C37H39N5O17P3+. The summed E-state index contributed by atoms with van der Waals surface area (Å²) in [6.07, 6.45) is -0.743. The summed E-state index contributed by atoms with van der Waals surface area (Å²) in [5.41, 5.74) is 0.888. The van der Waals surface area contributed by atoms with Crippen LogP contribution in [0.5, 0.6) is 0 Å². The summed E-state index contributed by atoms with van der Waals surface area (Å²) in [5, 5.41) is 14.5. The molecule has 3 heterocycles. The van der Waals surface area contributed by atoms with Crippen molar-refractivity contribution >= 4 is 52.0 Å². The van der Waals surface area contributed by atoms with Gasteiger partial charge in [-0.3, -0.25) is 23.7 Å². The fourth-order valence-corrected chi connectivity index (χ4v) is 9.49. The summed E-state index contributed by atoms with van der Waals surface area (Å²) in [4.78, 5) is 91.6. The smallest absolute Gasteiger partial charge is 0.478 e. The molecule has 7 N–H and O–H groups in total. The number of nitrogens with one attached hydrogen (secondary N) is 2. The molecule has 2 aliphatic heterocycles. The minimum Gasteiger partial charge on any atom is -0.478 e. The fourth-order valence-electron chi connectivity index (χ4n) is 6.44. The van der Waals surface area contributed by atoms with Gasteiger partial charge >= 0.3 is 35.1 Å². The number of carbonyl (C=O) groups is 2. The lowest BCUT2D eigenvalue weighted by molar-refractivity contribution is -0.0243. The molecule has 25 heteroatoms. The minimum atomic E-state index is -5.73. The van der Waals surface area contributed by atoms with Crippen LogP contribution in [0, 0.1) is 11.8 Å². The quantitative estimate of drug-likeness (QED) is 0.0386. The predicted octanol–water partition coefficient (Wildman–Crippen LogP) is 2.65. The van der Waals surface area contributed by atoms with E-state index in [-0.39, 0.29) is 36.1 Å². The molecule has 1 fully saturated rings. The first-order valence-electron chi connectivity index (χ1n) is 18.1. The molecule has 0 saturated carbocycles. The van der Waals surface area contributed by atoms with E-state index < -0.39 is 65.5 Å². The predicted molar refractivity (Wildman–Crippen MR) is 220 cm³/mol. The van der Waals surface area contributed by atoms with E-state index in [1.165, 1.54) is 12.1 Å². The SMILES string of the molecule is CN(C)c1ccc2c(-c3ccc(C(=O)NCC#Cc4cn([C@H]5CC[C@@H](COP(=O)(O)OP(=O)(O)OP(=O)(O)O)O5)c(=O)[nH]c4=O)cc3C(=O)O)c3ccc(=[N+](C)C)cc-3oc2c1. The molecule has 0 bridgehead atoms. The molecule has 4 atom stereocenters. The van der Waals surface area contributed by atoms with Crippen molar-refractivity contribution in [3.05, 3.63) is 104 Å². The van der Waals surface area contributed by atoms with Crippen molar-refractivity contribution in [1.29, 1.82) is 0 Å². The van der Waals surface area contributed by atoms with Crippen molar-refractivity contribution in [3.8, 4) is 34.3 Å². The van der Waals surface area contributed by atoms with Gasteiger partial charge < -0.3 is 44.1 Å². The molecule has 22 nitrogen and oxygen atoms in total. The molecule has 328 valence electrons. The van der Waals surface area contributed by atoms with Crippen LogP contribution >= 0.6 is 23.5 Å². The van der Waals surface area contributed by atoms with Crippen LogP contribution in [-0.4, -0.2) is 93.6 Å². The number of aromatic carboxylic acids is 1. The third-order valence-corrected chi connectivity index (χ3v) is 13.1. The zero-order chi connectivity index (χ0) is 45.3. The number of amides is 1. The Morgan fingerprint density at radius 3 is 2.37 bits per heavy atom. The van der Waals surface area contributed by atoms with Gasteiger partial charge in [0.2, 0.25) is 5.36 Å². The second kappa shape index (κ2) is 18.1.